The van der Waals surface area contributed by atoms with Gasteiger partial charge in [-0.05, 0) is 93.9 Å². The Hall–Kier alpha value is -2.73. The lowest BCUT2D eigenvalue weighted by Crippen LogP contribution is -2.32. The first kappa shape index (κ1) is 40.3. The number of nitrogens with one attached hydrogen (secondary N) is 1. The molecular formula is C40H66N2O. The van der Waals surface area contributed by atoms with Gasteiger partial charge in [0.05, 0.1) is 6.04 Å². The summed E-state index contributed by atoms with van der Waals surface area (Å²) in [6.45, 7) is 26.5. The first-order valence-electron chi connectivity index (χ1n) is 17.1. The van der Waals surface area contributed by atoms with Gasteiger partial charge in [0.1, 0.15) is 0 Å². The van der Waals surface area contributed by atoms with E-state index < -0.39 is 0 Å². The van der Waals surface area contributed by atoms with Crippen LogP contribution in [0, 0.1) is 23.7 Å². The van der Waals surface area contributed by atoms with Crippen LogP contribution in [0.4, 0.5) is 0 Å². The zero-order valence-corrected chi connectivity index (χ0v) is 30.3. The molecule has 0 saturated heterocycles. The largest absolute Gasteiger partial charge is 0.371 e. The molecule has 1 aromatic rings. The lowest BCUT2D eigenvalue weighted by molar-refractivity contribution is 0.0942. The third kappa shape index (κ3) is 12.1. The average molecular weight is 591 g/mol. The van der Waals surface area contributed by atoms with E-state index in [1.165, 1.54) is 48.1 Å². The van der Waals surface area contributed by atoms with Crippen LogP contribution in [0.5, 0.6) is 0 Å². The highest BCUT2D eigenvalue weighted by molar-refractivity contribution is 5.94. The molecule has 0 aliphatic heterocycles. The summed E-state index contributed by atoms with van der Waals surface area (Å²) >= 11 is 0. The summed E-state index contributed by atoms with van der Waals surface area (Å²) in [6.07, 6.45) is 19.8. The maximum Gasteiger partial charge on any atom is 0.251 e. The van der Waals surface area contributed by atoms with Gasteiger partial charge in [-0.15, -0.1) is 6.42 Å². The molecule has 1 N–H and O–H groups in total. The lowest BCUT2D eigenvalue weighted by atomic mass is 9.73. The number of rotatable bonds is 13. The van der Waals surface area contributed by atoms with Crippen molar-refractivity contribution in [1.82, 2.24) is 10.2 Å². The number of benzene rings is 1. The Balaban J connectivity index is 0.00000331. The van der Waals surface area contributed by atoms with Crippen molar-refractivity contribution in [2.45, 2.75) is 140 Å². The van der Waals surface area contributed by atoms with E-state index in [9.17, 15) is 4.79 Å². The number of carbonyl (C=O) groups is 1. The second kappa shape index (κ2) is 21.1. The number of terminal acetylenes is 1. The quantitative estimate of drug-likeness (QED) is 0.183. The van der Waals surface area contributed by atoms with Gasteiger partial charge in [-0.25, -0.2) is 0 Å². The van der Waals surface area contributed by atoms with Crippen molar-refractivity contribution in [2.75, 3.05) is 13.6 Å². The van der Waals surface area contributed by atoms with Crippen molar-refractivity contribution in [3.8, 4) is 12.3 Å². The third-order valence-corrected chi connectivity index (χ3v) is 9.19. The van der Waals surface area contributed by atoms with E-state index in [4.69, 9.17) is 6.42 Å². The van der Waals surface area contributed by atoms with E-state index in [1.54, 1.807) is 0 Å². The van der Waals surface area contributed by atoms with Crippen LogP contribution in [0.3, 0.4) is 0 Å². The molecule has 0 spiro atoms. The lowest BCUT2D eigenvalue weighted by Gasteiger charge is -2.35. The van der Waals surface area contributed by atoms with Crippen LogP contribution in [0.1, 0.15) is 161 Å². The van der Waals surface area contributed by atoms with E-state index in [-0.39, 0.29) is 17.4 Å². The van der Waals surface area contributed by atoms with E-state index in [1.807, 2.05) is 39.0 Å². The van der Waals surface area contributed by atoms with Crippen LogP contribution >= 0.6 is 0 Å². The van der Waals surface area contributed by atoms with Gasteiger partial charge >= 0.3 is 0 Å². The van der Waals surface area contributed by atoms with Gasteiger partial charge in [-0.3, -0.25) is 4.79 Å². The van der Waals surface area contributed by atoms with Gasteiger partial charge in [0.25, 0.3) is 5.91 Å². The van der Waals surface area contributed by atoms with Crippen molar-refractivity contribution >= 4 is 5.91 Å². The van der Waals surface area contributed by atoms with Gasteiger partial charge in [0.15, 0.2) is 0 Å². The molecule has 0 bridgehead atoms. The summed E-state index contributed by atoms with van der Waals surface area (Å²) < 4.78 is 0. The van der Waals surface area contributed by atoms with Gasteiger partial charge in [-0.1, -0.05) is 110 Å². The Morgan fingerprint density at radius 1 is 1.16 bits per heavy atom. The first-order chi connectivity index (χ1) is 20.4. The summed E-state index contributed by atoms with van der Waals surface area (Å²) in [4.78, 5) is 15.7. The minimum Gasteiger partial charge on any atom is -0.371 e. The minimum absolute atomic E-state index is 0.0179. The highest BCUT2D eigenvalue weighted by Gasteiger charge is 2.29. The highest BCUT2D eigenvalue weighted by atomic mass is 16.1. The Kier molecular flexibility index (Phi) is 19.7. The van der Waals surface area contributed by atoms with Crippen molar-refractivity contribution in [1.29, 1.82) is 0 Å². The molecule has 0 heterocycles. The smallest absolute Gasteiger partial charge is 0.251 e. The van der Waals surface area contributed by atoms with E-state index >= 15 is 0 Å². The molecular weight excluding hydrogens is 524 g/mol. The van der Waals surface area contributed by atoms with Gasteiger partial charge in [0, 0.05) is 30.4 Å². The van der Waals surface area contributed by atoms with Crippen molar-refractivity contribution in [2.24, 2.45) is 11.3 Å². The molecule has 1 aromatic carbocycles. The second-order valence-electron chi connectivity index (χ2n) is 12.3. The van der Waals surface area contributed by atoms with Crippen molar-refractivity contribution in [3.05, 3.63) is 70.0 Å². The van der Waals surface area contributed by atoms with E-state index in [0.29, 0.717) is 18.4 Å². The number of hydrogen-bond donors (Lipinski definition) is 1. The number of nitrogens with zero attached hydrogens (tertiary/aromatic N) is 1. The normalized spacial score (nSPS) is 15.8. The molecule has 1 saturated carbocycles. The third-order valence-electron chi connectivity index (χ3n) is 9.19. The fourth-order valence-electron chi connectivity index (χ4n) is 5.56. The van der Waals surface area contributed by atoms with Crippen LogP contribution < -0.4 is 5.32 Å². The summed E-state index contributed by atoms with van der Waals surface area (Å²) in [5, 5.41) is 3.23. The van der Waals surface area contributed by atoms with Gasteiger partial charge in [0.2, 0.25) is 0 Å². The predicted molar refractivity (Wildman–Crippen MR) is 191 cm³/mol. The number of hydrogen-bond acceptors (Lipinski definition) is 2. The fraction of sp³-hybridized carbons (Fsp3) is 0.625. The molecule has 2 rings (SSSR count). The molecule has 242 valence electrons. The topological polar surface area (TPSA) is 32.3 Å². The van der Waals surface area contributed by atoms with Crippen LogP contribution in [-0.2, 0) is 0 Å². The Morgan fingerprint density at radius 2 is 1.77 bits per heavy atom. The Bertz CT molecular complexity index is 1090. The monoisotopic (exact) mass is 591 g/mol. The molecule has 0 aromatic heterocycles. The summed E-state index contributed by atoms with van der Waals surface area (Å²) in [5.41, 5.74) is 7.18. The zero-order valence-electron chi connectivity index (χ0n) is 30.3. The van der Waals surface area contributed by atoms with Crippen molar-refractivity contribution < 1.29 is 4.79 Å². The fourth-order valence-corrected chi connectivity index (χ4v) is 5.56. The van der Waals surface area contributed by atoms with Crippen LogP contribution in [-0.4, -0.2) is 24.4 Å². The van der Waals surface area contributed by atoms with Gasteiger partial charge < -0.3 is 10.2 Å². The number of amides is 1. The molecule has 1 aliphatic rings. The molecule has 3 nitrogen and oxygen atoms in total. The SMILES string of the molecule is C#CC(/C=C\C(C)C(C)(CC)CCNC(=O)c1ccc(C2CCC2)c([C@@H](C)N(C)C(CC)=C(C)C)c1)=C/C.CC.CCC. The van der Waals surface area contributed by atoms with Gasteiger partial charge in [-0.2, -0.15) is 0 Å². The Labute approximate surface area is 267 Å². The summed E-state index contributed by atoms with van der Waals surface area (Å²) in [6, 6.07) is 6.62. The molecule has 3 heteroatoms. The summed E-state index contributed by atoms with van der Waals surface area (Å²) in [7, 11) is 2.19. The number of allylic oxidation sites excluding steroid dienone is 6. The molecule has 0 radical (unpaired) electrons. The molecule has 3 atom stereocenters. The Morgan fingerprint density at radius 3 is 2.21 bits per heavy atom. The molecule has 43 heavy (non-hydrogen) atoms. The molecule has 2 unspecified atom stereocenters. The molecule has 1 aliphatic carbocycles. The van der Waals surface area contributed by atoms with E-state index in [2.05, 4.69) is 104 Å². The maximum atomic E-state index is 13.3. The minimum atomic E-state index is 0.0179. The zero-order chi connectivity index (χ0) is 33.2. The maximum absolute atomic E-state index is 13.3. The average Bonchev–Trinajstić information content (AvgIpc) is 2.97. The summed E-state index contributed by atoms with van der Waals surface area (Å²) in [5.74, 6) is 3.70. The van der Waals surface area contributed by atoms with Crippen molar-refractivity contribution in [3.63, 3.8) is 0 Å². The molecule has 1 amide bonds. The number of carbonyl (C=O) groups excluding carboxylic acids is 1. The standard InChI is InChI=1S/C35H52N2O.C3H8.C2H6/c1-11-28(12-2)19-18-26(7)35(9,14-4)22-23-36-34(38)30-20-21-31(29-16-15-17-29)32(24-30)27(8)37(10)33(13-3)25(5)6;1-3-2;1-2/h1,12,18-21,24,26-27,29H,13-17,22-23H2,2-10H3,(H,36,38);3H2,1-2H3;1-2H3/b19-18-,28-12-;;/t26?,27-,35?;;/m1../s1. The first-order valence-corrected chi connectivity index (χ1v) is 17.1. The predicted octanol–water partition coefficient (Wildman–Crippen LogP) is 11.4. The van der Waals surface area contributed by atoms with Crippen LogP contribution in [0.15, 0.2) is 53.3 Å². The second-order valence-corrected chi connectivity index (χ2v) is 12.3. The van der Waals surface area contributed by atoms with Crippen LogP contribution in [0.2, 0.25) is 0 Å². The highest BCUT2D eigenvalue weighted by Crippen LogP contribution is 2.41. The van der Waals surface area contributed by atoms with Crippen LogP contribution in [0.25, 0.3) is 0 Å². The van der Waals surface area contributed by atoms with E-state index in [0.717, 1.165) is 30.4 Å². The molecule has 1 fully saturated rings.